The van der Waals surface area contributed by atoms with Crippen molar-refractivity contribution < 1.29 is 9.18 Å². The molecule has 0 atom stereocenters. The van der Waals surface area contributed by atoms with Crippen LogP contribution in [0.1, 0.15) is 32.7 Å². The minimum absolute atomic E-state index is 0.254. The number of aromatic nitrogens is 1. The van der Waals surface area contributed by atoms with Gasteiger partial charge in [-0.1, -0.05) is 54.6 Å². The maximum Gasteiger partial charge on any atom is 0.150 e. The normalized spacial score (nSPS) is 11.4. The SMILES string of the molecule is Cc1c(/C=C(\C#N)c2ccc(C=O)cc2)c2ccccc2n1Cc1ccc(F)cc1. The summed E-state index contributed by atoms with van der Waals surface area (Å²) in [6, 6.07) is 23.8. The van der Waals surface area contributed by atoms with Crippen LogP contribution in [0.4, 0.5) is 4.39 Å². The maximum absolute atomic E-state index is 13.3. The largest absolute Gasteiger partial charge is 0.340 e. The van der Waals surface area contributed by atoms with Crippen molar-refractivity contribution in [3.63, 3.8) is 0 Å². The van der Waals surface area contributed by atoms with E-state index in [1.165, 1.54) is 12.1 Å². The lowest BCUT2D eigenvalue weighted by atomic mass is 10.0. The third-order valence-electron chi connectivity index (χ3n) is 5.30. The van der Waals surface area contributed by atoms with E-state index in [9.17, 15) is 14.4 Å². The van der Waals surface area contributed by atoms with E-state index >= 15 is 0 Å². The molecule has 0 spiro atoms. The van der Waals surface area contributed by atoms with Gasteiger partial charge in [0.15, 0.2) is 0 Å². The summed E-state index contributed by atoms with van der Waals surface area (Å²) < 4.78 is 15.5. The van der Waals surface area contributed by atoms with E-state index in [2.05, 4.69) is 10.6 Å². The first-order valence-corrected chi connectivity index (χ1v) is 9.60. The van der Waals surface area contributed by atoms with Gasteiger partial charge in [-0.3, -0.25) is 4.79 Å². The molecular formula is C26H19FN2O. The lowest BCUT2D eigenvalue weighted by molar-refractivity contribution is 0.112. The summed E-state index contributed by atoms with van der Waals surface area (Å²) in [7, 11) is 0. The number of carbonyl (C=O) groups is 1. The first-order chi connectivity index (χ1) is 14.6. The number of hydrogen-bond acceptors (Lipinski definition) is 2. The molecule has 0 saturated carbocycles. The lowest BCUT2D eigenvalue weighted by Gasteiger charge is -2.09. The fraction of sp³-hybridized carbons (Fsp3) is 0.0769. The van der Waals surface area contributed by atoms with Crippen LogP contribution in [0.25, 0.3) is 22.6 Å². The van der Waals surface area contributed by atoms with Crippen LogP contribution in [0.2, 0.25) is 0 Å². The van der Waals surface area contributed by atoms with Crippen molar-refractivity contribution in [2.45, 2.75) is 13.5 Å². The molecule has 1 heterocycles. The molecule has 0 unspecified atom stereocenters. The molecule has 0 aliphatic rings. The Hall–Kier alpha value is -3.97. The number of nitriles is 1. The summed E-state index contributed by atoms with van der Waals surface area (Å²) in [6.07, 6.45) is 2.68. The molecule has 0 bridgehead atoms. The monoisotopic (exact) mass is 394 g/mol. The van der Waals surface area contributed by atoms with E-state index in [0.717, 1.165) is 39.6 Å². The molecule has 3 nitrogen and oxygen atoms in total. The third kappa shape index (κ3) is 3.66. The van der Waals surface area contributed by atoms with Gasteiger partial charge in [-0.15, -0.1) is 0 Å². The van der Waals surface area contributed by atoms with Gasteiger partial charge >= 0.3 is 0 Å². The highest BCUT2D eigenvalue weighted by Gasteiger charge is 2.14. The van der Waals surface area contributed by atoms with Gasteiger partial charge in [-0.2, -0.15) is 5.26 Å². The average molecular weight is 394 g/mol. The molecule has 0 aliphatic carbocycles. The fourth-order valence-electron chi connectivity index (χ4n) is 3.68. The van der Waals surface area contributed by atoms with E-state index < -0.39 is 0 Å². The third-order valence-corrected chi connectivity index (χ3v) is 5.30. The molecule has 146 valence electrons. The molecule has 4 rings (SSSR count). The first kappa shape index (κ1) is 19.4. The van der Waals surface area contributed by atoms with E-state index in [1.54, 1.807) is 36.4 Å². The number of aldehydes is 1. The van der Waals surface area contributed by atoms with Crippen LogP contribution in [0.15, 0.2) is 72.8 Å². The number of benzene rings is 3. The Kier molecular flexibility index (Phi) is 5.28. The Morgan fingerprint density at radius 2 is 1.73 bits per heavy atom. The second-order valence-corrected chi connectivity index (χ2v) is 7.14. The zero-order valence-electron chi connectivity index (χ0n) is 16.5. The minimum Gasteiger partial charge on any atom is -0.340 e. The average Bonchev–Trinajstić information content (AvgIpc) is 3.04. The predicted octanol–water partition coefficient (Wildman–Crippen LogP) is 6.01. The summed E-state index contributed by atoms with van der Waals surface area (Å²) >= 11 is 0. The van der Waals surface area contributed by atoms with Crippen LogP contribution in [0.5, 0.6) is 0 Å². The molecule has 0 amide bonds. The van der Waals surface area contributed by atoms with Crippen molar-refractivity contribution in [1.29, 1.82) is 5.26 Å². The number of hydrogen-bond donors (Lipinski definition) is 0. The maximum atomic E-state index is 13.3. The van der Waals surface area contributed by atoms with Crippen LogP contribution in [0.3, 0.4) is 0 Å². The van der Waals surface area contributed by atoms with Crippen molar-refractivity contribution in [1.82, 2.24) is 4.57 Å². The smallest absolute Gasteiger partial charge is 0.150 e. The highest BCUT2D eigenvalue weighted by molar-refractivity contribution is 5.99. The van der Waals surface area contributed by atoms with Gasteiger partial charge in [0, 0.05) is 34.3 Å². The van der Waals surface area contributed by atoms with Gasteiger partial charge in [-0.05, 0) is 42.3 Å². The number of rotatable bonds is 5. The molecule has 4 aromatic rings. The van der Waals surface area contributed by atoms with Crippen molar-refractivity contribution in [3.8, 4) is 6.07 Å². The second-order valence-electron chi connectivity index (χ2n) is 7.14. The molecule has 1 aromatic heterocycles. The molecule has 0 radical (unpaired) electrons. The molecule has 30 heavy (non-hydrogen) atoms. The Morgan fingerprint density at radius 1 is 1.03 bits per heavy atom. The molecule has 4 heteroatoms. The van der Waals surface area contributed by atoms with E-state index in [1.807, 2.05) is 37.3 Å². The lowest BCUT2D eigenvalue weighted by Crippen LogP contribution is -2.02. The van der Waals surface area contributed by atoms with Gasteiger partial charge in [0.25, 0.3) is 0 Å². The van der Waals surface area contributed by atoms with E-state index in [0.29, 0.717) is 17.7 Å². The van der Waals surface area contributed by atoms with Gasteiger partial charge in [0.2, 0.25) is 0 Å². The first-order valence-electron chi connectivity index (χ1n) is 9.60. The number of fused-ring (bicyclic) bond motifs is 1. The zero-order valence-corrected chi connectivity index (χ0v) is 16.5. The van der Waals surface area contributed by atoms with Crippen molar-refractivity contribution in [2.75, 3.05) is 0 Å². The zero-order chi connectivity index (χ0) is 21.1. The predicted molar refractivity (Wildman–Crippen MR) is 117 cm³/mol. The second kappa shape index (κ2) is 8.18. The standard InChI is InChI=1S/C26H19FN2O/c1-18-25(14-22(15-28)21-10-6-20(17-30)7-11-21)24-4-2-3-5-26(24)29(18)16-19-8-12-23(27)13-9-19/h2-14,17H,16H2,1H3/b22-14+. The highest BCUT2D eigenvalue weighted by atomic mass is 19.1. The summed E-state index contributed by atoms with van der Waals surface area (Å²) in [4.78, 5) is 10.9. The minimum atomic E-state index is -0.254. The van der Waals surface area contributed by atoms with Gasteiger partial charge in [0.05, 0.1) is 11.6 Å². The molecule has 0 aliphatic heterocycles. The quantitative estimate of drug-likeness (QED) is 0.307. The summed E-state index contributed by atoms with van der Waals surface area (Å²) in [5, 5.41) is 10.8. The Labute approximate surface area is 174 Å². The number of nitrogens with zero attached hydrogens (tertiary/aromatic N) is 2. The molecule has 0 fully saturated rings. The number of allylic oxidation sites excluding steroid dienone is 1. The van der Waals surface area contributed by atoms with Gasteiger partial charge in [-0.25, -0.2) is 4.39 Å². The number of para-hydroxylation sites is 1. The van der Waals surface area contributed by atoms with Crippen LogP contribution >= 0.6 is 0 Å². The van der Waals surface area contributed by atoms with E-state index in [4.69, 9.17) is 0 Å². The number of carbonyl (C=O) groups excluding carboxylic acids is 1. The van der Waals surface area contributed by atoms with Gasteiger partial charge < -0.3 is 4.57 Å². The fourth-order valence-corrected chi connectivity index (χ4v) is 3.68. The summed E-state index contributed by atoms with van der Waals surface area (Å²) in [5.41, 5.74) is 5.92. The number of halogens is 1. The van der Waals surface area contributed by atoms with Gasteiger partial charge in [0.1, 0.15) is 12.1 Å². The summed E-state index contributed by atoms with van der Waals surface area (Å²) in [6.45, 7) is 2.64. The van der Waals surface area contributed by atoms with Crippen LogP contribution in [-0.2, 0) is 6.54 Å². The molecule has 0 N–H and O–H groups in total. The molecule has 0 saturated heterocycles. The van der Waals surface area contributed by atoms with E-state index in [-0.39, 0.29) is 5.82 Å². The highest BCUT2D eigenvalue weighted by Crippen LogP contribution is 2.30. The summed E-state index contributed by atoms with van der Waals surface area (Å²) in [5.74, 6) is -0.254. The van der Waals surface area contributed by atoms with Crippen LogP contribution < -0.4 is 0 Å². The van der Waals surface area contributed by atoms with Crippen LogP contribution in [-0.4, -0.2) is 10.9 Å². The van der Waals surface area contributed by atoms with Crippen molar-refractivity contribution in [3.05, 3.63) is 107 Å². The molecular weight excluding hydrogens is 375 g/mol. The molecule has 3 aromatic carbocycles. The van der Waals surface area contributed by atoms with Crippen molar-refractivity contribution >= 4 is 28.8 Å². The van der Waals surface area contributed by atoms with Crippen molar-refractivity contribution in [2.24, 2.45) is 0 Å². The Balaban J connectivity index is 1.83. The Bertz CT molecular complexity index is 1290. The topological polar surface area (TPSA) is 45.8 Å². The van der Waals surface area contributed by atoms with Crippen LogP contribution in [0, 0.1) is 24.1 Å². The Morgan fingerprint density at radius 3 is 2.40 bits per heavy atom.